The average Bonchev–Trinajstić information content (AvgIpc) is 2.75. The molecule has 0 radical (unpaired) electrons. The van der Waals surface area contributed by atoms with Crippen LogP contribution in [-0.4, -0.2) is 22.3 Å². The van der Waals surface area contributed by atoms with Crippen LogP contribution in [0.2, 0.25) is 0 Å². The zero-order chi connectivity index (χ0) is 20.2. The topological polar surface area (TPSA) is 72.8 Å². The number of nitrogens with zero attached hydrogens (tertiary/aromatic N) is 1. The summed E-state index contributed by atoms with van der Waals surface area (Å²) in [5, 5.41) is 22.7. The lowest BCUT2D eigenvalue weighted by Gasteiger charge is -2.35. The molecule has 1 unspecified atom stereocenters. The van der Waals surface area contributed by atoms with Crippen LogP contribution < -0.4 is 10.2 Å². The number of nitrogens with one attached hydrogen (secondary N) is 1. The zero-order valence-electron chi connectivity index (χ0n) is 15.6. The number of aromatic carboxylic acids is 1. The Kier molecular flexibility index (Phi) is 5.03. The summed E-state index contributed by atoms with van der Waals surface area (Å²) >= 11 is 0. The number of carbonyl (C=O) groups is 1. The van der Waals surface area contributed by atoms with Gasteiger partial charge >= 0.3 is 5.97 Å². The van der Waals surface area contributed by atoms with Gasteiger partial charge in [-0.1, -0.05) is 48.5 Å². The van der Waals surface area contributed by atoms with Gasteiger partial charge in [0.1, 0.15) is 17.5 Å². The zero-order valence-corrected chi connectivity index (χ0v) is 15.6. The Morgan fingerprint density at radius 1 is 0.897 bits per heavy atom. The molecule has 0 saturated heterocycles. The Morgan fingerprint density at radius 2 is 1.52 bits per heavy atom. The maximum absolute atomic E-state index is 11.2. The van der Waals surface area contributed by atoms with Gasteiger partial charge in [0.15, 0.2) is 0 Å². The molecule has 0 saturated carbocycles. The molecule has 0 spiro atoms. The van der Waals surface area contributed by atoms with E-state index in [0.717, 1.165) is 17.1 Å². The second-order valence-corrected chi connectivity index (χ2v) is 6.63. The van der Waals surface area contributed by atoms with E-state index in [2.05, 4.69) is 16.3 Å². The second kappa shape index (κ2) is 7.94. The van der Waals surface area contributed by atoms with E-state index in [1.165, 1.54) is 12.1 Å². The largest absolute Gasteiger partial charge is 0.507 e. The van der Waals surface area contributed by atoms with Gasteiger partial charge in [-0.25, -0.2) is 4.79 Å². The van der Waals surface area contributed by atoms with Crippen LogP contribution in [0.5, 0.6) is 5.75 Å². The van der Waals surface area contributed by atoms with E-state index in [0.29, 0.717) is 5.56 Å². The molecule has 1 aliphatic heterocycles. The van der Waals surface area contributed by atoms with E-state index >= 15 is 0 Å². The quantitative estimate of drug-likeness (QED) is 0.592. The van der Waals surface area contributed by atoms with Crippen molar-refractivity contribution in [3.63, 3.8) is 0 Å². The molecule has 3 aromatic rings. The Bertz CT molecular complexity index is 1040. The lowest BCUT2D eigenvalue weighted by Crippen LogP contribution is -2.42. The highest BCUT2D eigenvalue weighted by atomic mass is 16.4. The number of anilines is 2. The van der Waals surface area contributed by atoms with E-state index in [-0.39, 0.29) is 17.5 Å². The third kappa shape index (κ3) is 3.84. The van der Waals surface area contributed by atoms with Crippen molar-refractivity contribution < 1.29 is 15.0 Å². The van der Waals surface area contributed by atoms with Crippen molar-refractivity contribution >= 4 is 23.0 Å². The number of hydrogen-bond donors (Lipinski definition) is 3. The summed E-state index contributed by atoms with van der Waals surface area (Å²) in [6.45, 7) is 0. The van der Waals surface area contributed by atoms with E-state index in [9.17, 15) is 9.90 Å². The molecular formula is C24H20N2O3. The minimum atomic E-state index is -1.16. The molecule has 1 heterocycles. The Morgan fingerprint density at radius 3 is 2.07 bits per heavy atom. The highest BCUT2D eigenvalue weighted by Gasteiger charge is 2.22. The van der Waals surface area contributed by atoms with Crippen LogP contribution in [0, 0.1) is 0 Å². The number of aromatic hydroxyl groups is 1. The predicted molar refractivity (Wildman–Crippen MR) is 114 cm³/mol. The first kappa shape index (κ1) is 18.4. The maximum Gasteiger partial charge on any atom is 0.339 e. The van der Waals surface area contributed by atoms with Gasteiger partial charge in [-0.15, -0.1) is 0 Å². The Labute approximate surface area is 168 Å². The summed E-state index contributed by atoms with van der Waals surface area (Å²) in [5.74, 6) is -1.41. The van der Waals surface area contributed by atoms with E-state index in [1.807, 2.05) is 72.8 Å². The average molecular weight is 384 g/mol. The summed E-state index contributed by atoms with van der Waals surface area (Å²) in [6, 6.07) is 24.7. The molecule has 3 aromatic carbocycles. The SMILES string of the molecule is O=C(O)c1ccc(C2=CC=CC(N(c3ccccc3)c3ccccc3)N2)cc1O. The lowest BCUT2D eigenvalue weighted by atomic mass is 10.0. The minimum absolute atomic E-state index is 0.118. The van der Waals surface area contributed by atoms with Gasteiger partial charge in [0.05, 0.1) is 0 Å². The van der Waals surface area contributed by atoms with Crippen LogP contribution in [0.3, 0.4) is 0 Å². The minimum Gasteiger partial charge on any atom is -0.507 e. The first-order chi connectivity index (χ1) is 14.1. The molecule has 4 rings (SSSR count). The number of benzene rings is 3. The molecular weight excluding hydrogens is 364 g/mol. The monoisotopic (exact) mass is 384 g/mol. The number of phenols is 1. The number of para-hydroxylation sites is 2. The molecule has 5 heteroatoms. The van der Waals surface area contributed by atoms with Crippen LogP contribution in [0.15, 0.2) is 97.1 Å². The number of carboxylic acids is 1. The molecule has 0 amide bonds. The van der Waals surface area contributed by atoms with Crippen molar-refractivity contribution in [2.24, 2.45) is 0 Å². The molecule has 1 aliphatic rings. The van der Waals surface area contributed by atoms with Crippen molar-refractivity contribution in [1.82, 2.24) is 5.32 Å². The fraction of sp³-hybridized carbons (Fsp3) is 0.0417. The molecule has 144 valence electrons. The molecule has 0 aliphatic carbocycles. The Hall–Kier alpha value is -3.99. The van der Waals surface area contributed by atoms with Crippen molar-refractivity contribution in [3.8, 4) is 5.75 Å². The molecule has 0 aromatic heterocycles. The maximum atomic E-state index is 11.2. The van der Waals surface area contributed by atoms with Crippen LogP contribution >= 0.6 is 0 Å². The van der Waals surface area contributed by atoms with Gasteiger partial charge < -0.3 is 20.4 Å². The third-order valence-corrected chi connectivity index (χ3v) is 4.75. The fourth-order valence-corrected chi connectivity index (χ4v) is 3.37. The van der Waals surface area contributed by atoms with E-state index in [1.54, 1.807) is 6.07 Å². The summed E-state index contributed by atoms with van der Waals surface area (Å²) in [5.41, 5.74) is 3.45. The number of dihydropyridines is 1. The second-order valence-electron chi connectivity index (χ2n) is 6.63. The summed E-state index contributed by atoms with van der Waals surface area (Å²) < 4.78 is 0. The molecule has 0 fully saturated rings. The molecule has 5 nitrogen and oxygen atoms in total. The first-order valence-electron chi connectivity index (χ1n) is 9.24. The van der Waals surface area contributed by atoms with Gasteiger partial charge in [-0.2, -0.15) is 0 Å². The molecule has 3 N–H and O–H groups in total. The van der Waals surface area contributed by atoms with Crippen LogP contribution in [-0.2, 0) is 0 Å². The van der Waals surface area contributed by atoms with Crippen molar-refractivity contribution in [2.45, 2.75) is 6.17 Å². The number of rotatable bonds is 5. The lowest BCUT2D eigenvalue weighted by molar-refractivity contribution is 0.0693. The molecule has 29 heavy (non-hydrogen) atoms. The van der Waals surface area contributed by atoms with Crippen molar-refractivity contribution in [1.29, 1.82) is 0 Å². The van der Waals surface area contributed by atoms with Crippen LogP contribution in [0.1, 0.15) is 15.9 Å². The highest BCUT2D eigenvalue weighted by Crippen LogP contribution is 2.30. The van der Waals surface area contributed by atoms with Gasteiger partial charge in [0.25, 0.3) is 0 Å². The van der Waals surface area contributed by atoms with Gasteiger partial charge in [0.2, 0.25) is 0 Å². The fourth-order valence-electron chi connectivity index (χ4n) is 3.37. The highest BCUT2D eigenvalue weighted by molar-refractivity contribution is 5.91. The third-order valence-electron chi connectivity index (χ3n) is 4.75. The normalized spacial score (nSPS) is 15.3. The number of hydrogen-bond acceptors (Lipinski definition) is 4. The number of carboxylic acid groups (broad SMARTS) is 1. The smallest absolute Gasteiger partial charge is 0.339 e. The van der Waals surface area contributed by atoms with Crippen LogP contribution in [0.25, 0.3) is 5.70 Å². The standard InChI is InChI=1S/C24H20N2O3/c27-22-16-17(14-15-20(22)24(28)29)21-12-7-13-23(25-21)26(18-8-3-1-4-9-18)19-10-5-2-6-11-19/h1-16,23,25,27H,(H,28,29). The van der Waals surface area contributed by atoms with Crippen molar-refractivity contribution in [3.05, 3.63) is 108 Å². The number of allylic oxidation sites excluding steroid dienone is 2. The van der Waals surface area contributed by atoms with E-state index < -0.39 is 5.97 Å². The summed E-state index contributed by atoms with van der Waals surface area (Å²) in [6.07, 6.45) is 5.74. The summed E-state index contributed by atoms with van der Waals surface area (Å²) in [7, 11) is 0. The van der Waals surface area contributed by atoms with Crippen molar-refractivity contribution in [2.75, 3.05) is 4.90 Å². The molecule has 0 bridgehead atoms. The summed E-state index contributed by atoms with van der Waals surface area (Å²) in [4.78, 5) is 13.3. The van der Waals surface area contributed by atoms with Crippen LogP contribution in [0.4, 0.5) is 11.4 Å². The van der Waals surface area contributed by atoms with E-state index in [4.69, 9.17) is 5.11 Å². The van der Waals surface area contributed by atoms with Gasteiger partial charge in [0, 0.05) is 22.6 Å². The first-order valence-corrected chi connectivity index (χ1v) is 9.24. The predicted octanol–water partition coefficient (Wildman–Crippen LogP) is 4.76. The van der Waals surface area contributed by atoms with Gasteiger partial charge in [-0.3, -0.25) is 0 Å². The van der Waals surface area contributed by atoms with Gasteiger partial charge in [-0.05, 0) is 48.6 Å². The molecule has 1 atom stereocenters. The Balaban J connectivity index is 1.67.